The number of para-hydroxylation sites is 1. The number of piperidine rings is 1. The molecule has 0 spiro atoms. The Labute approximate surface area is 250 Å². The first-order valence-corrected chi connectivity index (χ1v) is 14.5. The van der Waals surface area contributed by atoms with Gasteiger partial charge >= 0.3 is 0 Å². The number of thiocarbonyl (C=S) groups is 1. The van der Waals surface area contributed by atoms with E-state index in [9.17, 15) is 14.4 Å². The minimum atomic E-state index is -0.559. The number of hydrogen-bond donors (Lipinski definition) is 1. The summed E-state index contributed by atoms with van der Waals surface area (Å²) in [4.78, 5) is 42.3. The standard InChI is InChI=1S/C33H33N3O5S/c1-3-24-9-5-6-10-27(24)36-32(39)26(30(37)34-33(36)42)19-23-13-16-28(29(20-23)40-2)41-21-22-11-14-25(15-12-22)31(38)35-17-7-4-8-18-35/h5-6,9-16,19-20H,3-4,7-8,17-18,21H2,1-2H3,(H,34,37,42)/b26-19+. The van der Waals surface area contributed by atoms with Crippen LogP contribution in [0.2, 0.25) is 0 Å². The predicted octanol–water partition coefficient (Wildman–Crippen LogP) is 5.29. The van der Waals surface area contributed by atoms with Gasteiger partial charge in [0.05, 0.1) is 12.8 Å². The van der Waals surface area contributed by atoms with Crippen LogP contribution in [0.3, 0.4) is 0 Å². The smallest absolute Gasteiger partial charge is 0.270 e. The van der Waals surface area contributed by atoms with Gasteiger partial charge in [-0.2, -0.15) is 0 Å². The number of rotatable bonds is 8. The Bertz CT molecular complexity index is 1540. The zero-order valence-electron chi connectivity index (χ0n) is 23.7. The largest absolute Gasteiger partial charge is 0.493 e. The van der Waals surface area contributed by atoms with E-state index in [4.69, 9.17) is 21.7 Å². The van der Waals surface area contributed by atoms with E-state index in [1.54, 1.807) is 18.2 Å². The molecule has 5 rings (SSSR count). The van der Waals surface area contributed by atoms with E-state index in [-0.39, 0.29) is 23.2 Å². The molecule has 8 nitrogen and oxygen atoms in total. The number of benzene rings is 3. The minimum Gasteiger partial charge on any atom is -0.493 e. The number of methoxy groups -OCH3 is 1. The maximum absolute atomic E-state index is 13.5. The molecule has 3 amide bonds. The highest BCUT2D eigenvalue weighted by Gasteiger charge is 2.35. The van der Waals surface area contributed by atoms with Crippen molar-refractivity contribution in [1.29, 1.82) is 0 Å². The highest BCUT2D eigenvalue weighted by atomic mass is 32.1. The third kappa shape index (κ3) is 6.21. The normalized spacial score (nSPS) is 16.4. The highest BCUT2D eigenvalue weighted by molar-refractivity contribution is 7.80. The molecule has 2 heterocycles. The number of likely N-dealkylation sites (tertiary alicyclic amines) is 1. The second kappa shape index (κ2) is 13.0. The molecule has 0 bridgehead atoms. The van der Waals surface area contributed by atoms with E-state index in [1.165, 1.54) is 24.5 Å². The van der Waals surface area contributed by atoms with Gasteiger partial charge in [0, 0.05) is 18.7 Å². The summed E-state index contributed by atoms with van der Waals surface area (Å²) in [7, 11) is 1.53. The van der Waals surface area contributed by atoms with Crippen molar-refractivity contribution in [2.75, 3.05) is 25.1 Å². The maximum atomic E-state index is 13.5. The molecule has 9 heteroatoms. The number of carbonyl (C=O) groups excluding carboxylic acids is 3. The van der Waals surface area contributed by atoms with Crippen molar-refractivity contribution in [3.05, 3.63) is 94.6 Å². The summed E-state index contributed by atoms with van der Waals surface area (Å²) in [6, 6.07) is 20.1. The number of ether oxygens (including phenoxy) is 2. The molecular weight excluding hydrogens is 550 g/mol. The van der Waals surface area contributed by atoms with E-state index in [0.717, 1.165) is 37.1 Å². The molecule has 0 atom stereocenters. The molecule has 2 fully saturated rings. The summed E-state index contributed by atoms with van der Waals surface area (Å²) in [5, 5.41) is 2.69. The maximum Gasteiger partial charge on any atom is 0.270 e. The van der Waals surface area contributed by atoms with Crippen LogP contribution in [-0.4, -0.2) is 47.9 Å². The van der Waals surface area contributed by atoms with E-state index >= 15 is 0 Å². The van der Waals surface area contributed by atoms with Crippen LogP contribution in [0.15, 0.2) is 72.3 Å². The molecule has 1 N–H and O–H groups in total. The van der Waals surface area contributed by atoms with Gasteiger partial charge in [-0.3, -0.25) is 24.6 Å². The van der Waals surface area contributed by atoms with Crippen molar-refractivity contribution in [2.45, 2.75) is 39.2 Å². The number of anilines is 1. The molecule has 0 saturated carbocycles. The monoisotopic (exact) mass is 583 g/mol. The lowest BCUT2D eigenvalue weighted by Crippen LogP contribution is -2.54. The van der Waals surface area contributed by atoms with E-state index in [1.807, 2.05) is 60.4 Å². The van der Waals surface area contributed by atoms with Gasteiger partial charge in [-0.15, -0.1) is 0 Å². The number of aryl methyl sites for hydroxylation is 1. The average Bonchev–Trinajstić information content (AvgIpc) is 3.02. The lowest BCUT2D eigenvalue weighted by Gasteiger charge is -2.30. The lowest BCUT2D eigenvalue weighted by atomic mass is 10.0. The topological polar surface area (TPSA) is 88.2 Å². The number of hydrogen-bond acceptors (Lipinski definition) is 6. The third-order valence-electron chi connectivity index (χ3n) is 7.45. The van der Waals surface area contributed by atoms with Gasteiger partial charge in [0.2, 0.25) is 0 Å². The zero-order valence-corrected chi connectivity index (χ0v) is 24.5. The Kier molecular flexibility index (Phi) is 8.97. The highest BCUT2D eigenvalue weighted by Crippen LogP contribution is 2.31. The summed E-state index contributed by atoms with van der Waals surface area (Å²) >= 11 is 5.35. The lowest BCUT2D eigenvalue weighted by molar-refractivity contribution is -0.122. The molecule has 0 aromatic heterocycles. The molecular formula is C33H33N3O5S. The molecule has 3 aromatic rings. The van der Waals surface area contributed by atoms with Gasteiger partial charge < -0.3 is 14.4 Å². The molecule has 3 aromatic carbocycles. The first-order chi connectivity index (χ1) is 20.4. The molecule has 0 radical (unpaired) electrons. The predicted molar refractivity (Wildman–Crippen MR) is 166 cm³/mol. The Morgan fingerprint density at radius 1 is 0.976 bits per heavy atom. The number of nitrogens with zero attached hydrogens (tertiary/aromatic N) is 2. The van der Waals surface area contributed by atoms with Crippen molar-refractivity contribution in [3.8, 4) is 11.5 Å². The van der Waals surface area contributed by atoms with Crippen molar-refractivity contribution in [2.24, 2.45) is 0 Å². The fourth-order valence-corrected chi connectivity index (χ4v) is 5.42. The van der Waals surface area contributed by atoms with Gasteiger partial charge in [-0.05, 0) is 91.0 Å². The van der Waals surface area contributed by atoms with Crippen molar-refractivity contribution >= 4 is 46.8 Å². The fraction of sp³-hybridized carbons (Fsp3) is 0.273. The summed E-state index contributed by atoms with van der Waals surface area (Å²) in [5.41, 5.74) is 3.72. The summed E-state index contributed by atoms with van der Waals surface area (Å²) in [5.74, 6) is -0.0260. The Hall–Kier alpha value is -4.50. The van der Waals surface area contributed by atoms with Crippen LogP contribution >= 0.6 is 12.2 Å². The van der Waals surface area contributed by atoms with Gasteiger partial charge in [0.1, 0.15) is 12.2 Å². The fourth-order valence-electron chi connectivity index (χ4n) is 5.15. The molecule has 2 saturated heterocycles. The van der Waals surface area contributed by atoms with Crippen LogP contribution in [0.1, 0.15) is 53.2 Å². The van der Waals surface area contributed by atoms with Crippen LogP contribution in [0.5, 0.6) is 11.5 Å². The number of nitrogens with one attached hydrogen (secondary N) is 1. The Balaban J connectivity index is 1.30. The Morgan fingerprint density at radius 3 is 2.43 bits per heavy atom. The van der Waals surface area contributed by atoms with Crippen molar-refractivity contribution in [3.63, 3.8) is 0 Å². The first-order valence-electron chi connectivity index (χ1n) is 14.1. The van der Waals surface area contributed by atoms with Crippen LogP contribution in [-0.2, 0) is 22.6 Å². The van der Waals surface area contributed by atoms with Gasteiger partial charge in [0.15, 0.2) is 16.6 Å². The average molecular weight is 584 g/mol. The minimum absolute atomic E-state index is 0.0376. The third-order valence-corrected chi connectivity index (χ3v) is 7.74. The number of carbonyl (C=O) groups is 3. The van der Waals surface area contributed by atoms with E-state index in [2.05, 4.69) is 5.32 Å². The first kappa shape index (κ1) is 29.0. The van der Waals surface area contributed by atoms with Crippen LogP contribution in [0.4, 0.5) is 5.69 Å². The van der Waals surface area contributed by atoms with E-state index in [0.29, 0.717) is 34.7 Å². The Morgan fingerprint density at radius 2 is 1.71 bits per heavy atom. The summed E-state index contributed by atoms with van der Waals surface area (Å²) < 4.78 is 11.6. The molecule has 2 aliphatic rings. The van der Waals surface area contributed by atoms with Crippen LogP contribution < -0.4 is 19.7 Å². The molecule has 216 valence electrons. The molecule has 0 unspecified atom stereocenters. The quantitative estimate of drug-likeness (QED) is 0.220. The zero-order chi connectivity index (χ0) is 29.6. The van der Waals surface area contributed by atoms with Gasteiger partial charge in [0.25, 0.3) is 17.7 Å². The van der Waals surface area contributed by atoms with Crippen LogP contribution in [0, 0.1) is 0 Å². The second-order valence-corrected chi connectivity index (χ2v) is 10.6. The van der Waals surface area contributed by atoms with Crippen molar-refractivity contribution < 1.29 is 23.9 Å². The van der Waals surface area contributed by atoms with Crippen LogP contribution in [0.25, 0.3) is 6.08 Å². The SMILES string of the molecule is CCc1ccccc1N1C(=O)/C(=C/c2ccc(OCc3ccc(C(=O)N4CCCCC4)cc3)c(OC)c2)C(=O)NC1=S. The van der Waals surface area contributed by atoms with Gasteiger partial charge in [-0.1, -0.05) is 43.3 Å². The summed E-state index contributed by atoms with van der Waals surface area (Å²) in [6.45, 7) is 3.90. The number of amides is 3. The molecule has 42 heavy (non-hydrogen) atoms. The van der Waals surface area contributed by atoms with Crippen molar-refractivity contribution in [1.82, 2.24) is 10.2 Å². The van der Waals surface area contributed by atoms with E-state index < -0.39 is 11.8 Å². The molecule has 0 aliphatic carbocycles. The summed E-state index contributed by atoms with van der Waals surface area (Å²) in [6.07, 6.45) is 5.51. The molecule has 2 aliphatic heterocycles. The second-order valence-electron chi connectivity index (χ2n) is 10.2. The van der Waals surface area contributed by atoms with Gasteiger partial charge in [-0.25, -0.2) is 0 Å².